The lowest BCUT2D eigenvalue weighted by molar-refractivity contribution is 0.165. The van der Waals surface area contributed by atoms with Crippen molar-refractivity contribution < 1.29 is 9.47 Å². The van der Waals surface area contributed by atoms with E-state index in [-0.39, 0.29) is 0 Å². The van der Waals surface area contributed by atoms with Gasteiger partial charge in [0, 0.05) is 31.2 Å². The van der Waals surface area contributed by atoms with Gasteiger partial charge in [-0.3, -0.25) is 0 Å². The van der Waals surface area contributed by atoms with E-state index >= 15 is 0 Å². The number of nitrogens with zero attached hydrogens (tertiary/aromatic N) is 1. The van der Waals surface area contributed by atoms with Crippen LogP contribution < -0.4 is 10.1 Å². The van der Waals surface area contributed by atoms with E-state index in [1.807, 2.05) is 12.1 Å². The molecule has 1 aromatic heterocycles. The highest BCUT2D eigenvalue weighted by Gasteiger charge is 2.16. The van der Waals surface area contributed by atoms with E-state index < -0.39 is 0 Å². The lowest BCUT2D eigenvalue weighted by Crippen LogP contribution is -2.22. The Kier molecular flexibility index (Phi) is 5.43. The summed E-state index contributed by atoms with van der Waals surface area (Å²) in [6.45, 7) is 7.12. The molecule has 2 rings (SSSR count). The summed E-state index contributed by atoms with van der Waals surface area (Å²) in [5, 5.41) is 3.98. The van der Waals surface area contributed by atoms with Gasteiger partial charge in [0.2, 0.25) is 5.88 Å². The van der Waals surface area contributed by atoms with Crippen molar-refractivity contribution in [3.63, 3.8) is 0 Å². The fourth-order valence-corrected chi connectivity index (χ4v) is 2.06. The van der Waals surface area contributed by atoms with Gasteiger partial charge in [-0.1, -0.05) is 25.4 Å². The van der Waals surface area contributed by atoms with Gasteiger partial charge in [0.15, 0.2) is 0 Å². The van der Waals surface area contributed by atoms with Crippen LogP contribution in [0.25, 0.3) is 0 Å². The van der Waals surface area contributed by atoms with E-state index in [4.69, 9.17) is 21.1 Å². The zero-order chi connectivity index (χ0) is 13.7. The van der Waals surface area contributed by atoms with Gasteiger partial charge in [0.1, 0.15) is 0 Å². The molecule has 0 aliphatic carbocycles. The Morgan fingerprint density at radius 2 is 2.37 bits per heavy atom. The van der Waals surface area contributed by atoms with Crippen molar-refractivity contribution >= 4 is 11.6 Å². The highest BCUT2D eigenvalue weighted by Crippen LogP contribution is 2.20. The van der Waals surface area contributed by atoms with E-state index in [1.54, 1.807) is 0 Å². The third-order valence-corrected chi connectivity index (χ3v) is 3.41. The molecule has 1 atom stereocenters. The third-order valence-electron chi connectivity index (χ3n) is 3.06. The number of ether oxygens (including phenoxy) is 2. The van der Waals surface area contributed by atoms with E-state index in [0.717, 1.165) is 25.3 Å². The van der Waals surface area contributed by atoms with Crippen LogP contribution in [-0.2, 0) is 11.3 Å². The highest BCUT2D eigenvalue weighted by atomic mass is 35.5. The summed E-state index contributed by atoms with van der Waals surface area (Å²) in [5.74, 6) is 1.12. The number of nitrogens with one attached hydrogen (secondary N) is 1. The lowest BCUT2D eigenvalue weighted by atomic mass is 10.1. The fraction of sp³-hybridized carbons (Fsp3) is 0.643. The molecule has 5 heteroatoms. The van der Waals surface area contributed by atoms with Crippen molar-refractivity contribution in [1.82, 2.24) is 10.3 Å². The van der Waals surface area contributed by atoms with E-state index in [0.29, 0.717) is 36.0 Å². The number of hydrogen-bond donors (Lipinski definition) is 1. The molecule has 1 aromatic rings. The van der Waals surface area contributed by atoms with Crippen molar-refractivity contribution in [2.24, 2.45) is 5.92 Å². The molecule has 1 saturated heterocycles. The normalized spacial score (nSPS) is 19.1. The molecule has 1 fully saturated rings. The van der Waals surface area contributed by atoms with Crippen molar-refractivity contribution in [3.05, 3.63) is 22.8 Å². The lowest BCUT2D eigenvalue weighted by Gasteiger charge is -2.12. The Labute approximate surface area is 119 Å². The van der Waals surface area contributed by atoms with E-state index in [2.05, 4.69) is 24.1 Å². The minimum Gasteiger partial charge on any atom is -0.477 e. The molecule has 0 saturated carbocycles. The summed E-state index contributed by atoms with van der Waals surface area (Å²) in [6, 6.07) is 4.06. The highest BCUT2D eigenvalue weighted by molar-refractivity contribution is 6.31. The Hall–Kier alpha value is -0.840. The second-order valence-electron chi connectivity index (χ2n) is 5.15. The quantitative estimate of drug-likeness (QED) is 0.872. The first-order valence-electron chi connectivity index (χ1n) is 6.74. The first-order chi connectivity index (χ1) is 9.15. The fourth-order valence-electron chi connectivity index (χ4n) is 1.89. The summed E-state index contributed by atoms with van der Waals surface area (Å²) in [6.07, 6.45) is 1.06. The number of hydrogen-bond acceptors (Lipinski definition) is 4. The minimum atomic E-state index is 0.401. The molecule has 0 bridgehead atoms. The van der Waals surface area contributed by atoms with Gasteiger partial charge in [-0.15, -0.1) is 0 Å². The first-order valence-corrected chi connectivity index (χ1v) is 7.12. The Morgan fingerprint density at radius 1 is 1.53 bits per heavy atom. The SMILES string of the molecule is CC(C)NCc1nc(OCC2CCOC2)ccc1Cl. The minimum absolute atomic E-state index is 0.401. The zero-order valence-electron chi connectivity index (χ0n) is 11.5. The average molecular weight is 285 g/mol. The number of rotatable bonds is 6. The van der Waals surface area contributed by atoms with Crippen LogP contribution in [0.4, 0.5) is 0 Å². The maximum atomic E-state index is 6.13. The Morgan fingerprint density at radius 3 is 3.05 bits per heavy atom. The van der Waals surface area contributed by atoms with Gasteiger partial charge in [-0.25, -0.2) is 4.98 Å². The molecule has 1 aliphatic rings. The van der Waals surface area contributed by atoms with Crippen molar-refractivity contribution in [3.8, 4) is 5.88 Å². The Balaban J connectivity index is 1.91. The zero-order valence-corrected chi connectivity index (χ0v) is 12.2. The van der Waals surface area contributed by atoms with Crippen LogP contribution in [0.2, 0.25) is 5.02 Å². The Bertz CT molecular complexity index is 406. The molecule has 19 heavy (non-hydrogen) atoms. The predicted octanol–water partition coefficient (Wildman–Crippen LogP) is 2.65. The molecule has 1 N–H and O–H groups in total. The molecule has 0 aromatic carbocycles. The maximum Gasteiger partial charge on any atom is 0.213 e. The molecular formula is C14H21ClN2O2. The maximum absolute atomic E-state index is 6.13. The number of halogens is 1. The second kappa shape index (κ2) is 7.08. The predicted molar refractivity (Wildman–Crippen MR) is 75.6 cm³/mol. The van der Waals surface area contributed by atoms with Gasteiger partial charge in [-0.05, 0) is 12.5 Å². The number of pyridine rings is 1. The van der Waals surface area contributed by atoms with Crippen LogP contribution in [0.15, 0.2) is 12.1 Å². The van der Waals surface area contributed by atoms with Crippen LogP contribution >= 0.6 is 11.6 Å². The third kappa shape index (κ3) is 4.64. The summed E-state index contributed by atoms with van der Waals surface area (Å²) in [7, 11) is 0. The summed E-state index contributed by atoms with van der Waals surface area (Å²) < 4.78 is 11.0. The molecule has 1 aliphatic heterocycles. The molecule has 2 heterocycles. The molecule has 1 unspecified atom stereocenters. The van der Waals surface area contributed by atoms with Crippen molar-refractivity contribution in [2.75, 3.05) is 19.8 Å². The van der Waals surface area contributed by atoms with Crippen LogP contribution in [-0.4, -0.2) is 30.8 Å². The van der Waals surface area contributed by atoms with Gasteiger partial charge in [0.25, 0.3) is 0 Å². The molecular weight excluding hydrogens is 264 g/mol. The molecule has 0 radical (unpaired) electrons. The van der Waals surface area contributed by atoms with Gasteiger partial charge < -0.3 is 14.8 Å². The average Bonchev–Trinajstić information content (AvgIpc) is 2.89. The molecule has 106 valence electrons. The first kappa shape index (κ1) is 14.6. The largest absolute Gasteiger partial charge is 0.477 e. The van der Waals surface area contributed by atoms with Crippen molar-refractivity contribution in [1.29, 1.82) is 0 Å². The summed E-state index contributed by atoms with van der Waals surface area (Å²) >= 11 is 6.13. The topological polar surface area (TPSA) is 43.4 Å². The monoisotopic (exact) mass is 284 g/mol. The molecule has 4 nitrogen and oxygen atoms in total. The van der Waals surface area contributed by atoms with Crippen LogP contribution in [0.5, 0.6) is 5.88 Å². The van der Waals surface area contributed by atoms with Crippen LogP contribution in [0.1, 0.15) is 26.0 Å². The van der Waals surface area contributed by atoms with Crippen LogP contribution in [0.3, 0.4) is 0 Å². The van der Waals surface area contributed by atoms with Crippen molar-refractivity contribution in [2.45, 2.75) is 32.9 Å². The van der Waals surface area contributed by atoms with Gasteiger partial charge >= 0.3 is 0 Å². The number of aromatic nitrogens is 1. The van der Waals surface area contributed by atoms with E-state index in [1.165, 1.54) is 0 Å². The molecule has 0 amide bonds. The van der Waals surface area contributed by atoms with Crippen LogP contribution in [0, 0.1) is 5.92 Å². The summed E-state index contributed by atoms with van der Waals surface area (Å²) in [4.78, 5) is 4.45. The molecule has 0 spiro atoms. The smallest absolute Gasteiger partial charge is 0.213 e. The van der Waals surface area contributed by atoms with E-state index in [9.17, 15) is 0 Å². The second-order valence-corrected chi connectivity index (χ2v) is 5.56. The standard InChI is InChI=1S/C14H21ClN2O2/c1-10(2)16-7-13-12(15)3-4-14(17-13)19-9-11-5-6-18-8-11/h3-4,10-11,16H,5-9H2,1-2H3. The van der Waals surface area contributed by atoms with Gasteiger partial charge in [0.05, 0.1) is 23.9 Å². The summed E-state index contributed by atoms with van der Waals surface area (Å²) in [5.41, 5.74) is 0.829. The van der Waals surface area contributed by atoms with Gasteiger partial charge in [-0.2, -0.15) is 0 Å².